The summed E-state index contributed by atoms with van der Waals surface area (Å²) < 4.78 is 22.6. The highest BCUT2D eigenvalue weighted by Gasteiger charge is 2.71. The van der Waals surface area contributed by atoms with E-state index in [2.05, 4.69) is 0 Å². The van der Waals surface area contributed by atoms with Gasteiger partial charge in [0.2, 0.25) is 5.79 Å². The number of carbonyl (C=O) groups excluding carboxylic acids is 2. The van der Waals surface area contributed by atoms with Crippen LogP contribution in [-0.4, -0.2) is 54.9 Å². The van der Waals surface area contributed by atoms with Crippen molar-refractivity contribution < 1.29 is 33.6 Å². The zero-order chi connectivity index (χ0) is 19.5. The molecule has 0 unspecified atom stereocenters. The molecule has 0 bridgehead atoms. The van der Waals surface area contributed by atoms with Gasteiger partial charge in [0.1, 0.15) is 6.10 Å². The molecule has 1 N–H and O–H groups in total. The van der Waals surface area contributed by atoms with Crippen molar-refractivity contribution in [2.45, 2.75) is 70.6 Å². The summed E-state index contributed by atoms with van der Waals surface area (Å²) in [4.78, 5) is 23.8. The van der Waals surface area contributed by atoms with Crippen LogP contribution in [0.4, 0.5) is 0 Å². The lowest BCUT2D eigenvalue weighted by Crippen LogP contribution is -2.70. The summed E-state index contributed by atoms with van der Waals surface area (Å²) in [6, 6.07) is 0. The van der Waals surface area contributed by atoms with E-state index in [1.807, 2.05) is 13.8 Å². The Bertz CT molecular complexity index is 671. The molecule has 3 rings (SSSR count). The second kappa shape index (κ2) is 6.04. The Morgan fingerprint density at radius 3 is 2.54 bits per heavy atom. The molecule has 1 aliphatic heterocycles. The van der Waals surface area contributed by atoms with E-state index in [9.17, 15) is 14.7 Å². The molecule has 0 radical (unpaired) electrons. The number of hydrogen-bond donors (Lipinski definition) is 1. The van der Waals surface area contributed by atoms with Crippen LogP contribution in [0.2, 0.25) is 0 Å². The Morgan fingerprint density at radius 1 is 1.35 bits per heavy atom. The molecule has 0 aromatic carbocycles. The number of fused-ring (bicyclic) bond motifs is 2. The van der Waals surface area contributed by atoms with Gasteiger partial charge in [0, 0.05) is 50.0 Å². The van der Waals surface area contributed by atoms with Crippen molar-refractivity contribution in [2.24, 2.45) is 11.3 Å². The Hall–Kier alpha value is -1.44. The molecule has 7 nitrogen and oxygen atoms in total. The molecule has 0 saturated heterocycles. The van der Waals surface area contributed by atoms with E-state index in [0.29, 0.717) is 24.0 Å². The molecular formula is C19H28O7. The predicted molar refractivity (Wildman–Crippen MR) is 91.0 cm³/mol. The summed E-state index contributed by atoms with van der Waals surface area (Å²) in [7, 11) is 3.02. The van der Waals surface area contributed by atoms with Crippen molar-refractivity contribution in [3.63, 3.8) is 0 Å². The minimum Gasteiger partial charge on any atom is -0.462 e. The van der Waals surface area contributed by atoms with Crippen molar-refractivity contribution >= 4 is 11.9 Å². The molecule has 0 amide bonds. The maximum absolute atomic E-state index is 12.3. The highest BCUT2D eigenvalue weighted by atomic mass is 16.7. The topological polar surface area (TPSA) is 91.3 Å². The molecule has 2 aliphatic carbocycles. The van der Waals surface area contributed by atoms with Crippen molar-refractivity contribution in [1.82, 2.24) is 0 Å². The normalized spacial score (nSPS) is 45.0. The van der Waals surface area contributed by atoms with Gasteiger partial charge in [-0.2, -0.15) is 0 Å². The zero-order valence-corrected chi connectivity index (χ0v) is 16.3. The van der Waals surface area contributed by atoms with Crippen LogP contribution >= 0.6 is 0 Å². The van der Waals surface area contributed by atoms with Crippen LogP contribution in [0.1, 0.15) is 47.0 Å². The summed E-state index contributed by atoms with van der Waals surface area (Å²) in [6.45, 7) is 6.97. The number of aliphatic hydroxyl groups is 1. The number of hydrogen-bond acceptors (Lipinski definition) is 7. The maximum Gasteiger partial charge on any atom is 0.336 e. The Balaban J connectivity index is 2.15. The lowest BCUT2D eigenvalue weighted by molar-refractivity contribution is -0.292. The third-order valence-corrected chi connectivity index (χ3v) is 6.94. The van der Waals surface area contributed by atoms with Crippen LogP contribution < -0.4 is 0 Å². The summed E-state index contributed by atoms with van der Waals surface area (Å²) in [5.74, 6) is -2.31. The molecule has 146 valence electrons. The fourth-order valence-electron chi connectivity index (χ4n) is 5.32. The summed E-state index contributed by atoms with van der Waals surface area (Å²) in [5.41, 5.74) is -0.917. The minimum atomic E-state index is -1.32. The summed E-state index contributed by atoms with van der Waals surface area (Å²) in [6.07, 6.45) is 0.100. The first-order valence-electron chi connectivity index (χ1n) is 8.98. The molecular weight excluding hydrogens is 340 g/mol. The number of esters is 2. The third-order valence-electron chi connectivity index (χ3n) is 6.94. The number of rotatable bonds is 3. The summed E-state index contributed by atoms with van der Waals surface area (Å²) >= 11 is 0. The molecule has 1 heterocycles. The van der Waals surface area contributed by atoms with Gasteiger partial charge in [0.05, 0.1) is 11.7 Å². The van der Waals surface area contributed by atoms with Gasteiger partial charge in [-0.15, -0.1) is 0 Å². The molecule has 2 fully saturated rings. The van der Waals surface area contributed by atoms with Gasteiger partial charge in [0.15, 0.2) is 0 Å². The van der Waals surface area contributed by atoms with E-state index in [-0.39, 0.29) is 24.4 Å². The first-order chi connectivity index (χ1) is 12.1. The fraction of sp³-hybridized carbons (Fsp3) is 0.789. The van der Waals surface area contributed by atoms with Crippen LogP contribution in [0, 0.1) is 11.3 Å². The largest absolute Gasteiger partial charge is 0.462 e. The first kappa shape index (κ1) is 19.3. The molecule has 0 aromatic heterocycles. The van der Waals surface area contributed by atoms with Crippen LogP contribution in [0.5, 0.6) is 0 Å². The number of carbonyl (C=O) groups is 2. The molecule has 7 heteroatoms. The van der Waals surface area contributed by atoms with Gasteiger partial charge in [-0.3, -0.25) is 4.79 Å². The molecule has 26 heavy (non-hydrogen) atoms. The van der Waals surface area contributed by atoms with E-state index >= 15 is 0 Å². The maximum atomic E-state index is 12.3. The van der Waals surface area contributed by atoms with Gasteiger partial charge in [-0.25, -0.2) is 4.79 Å². The average Bonchev–Trinajstić information content (AvgIpc) is 2.81. The van der Waals surface area contributed by atoms with E-state index in [1.165, 1.54) is 14.0 Å². The van der Waals surface area contributed by atoms with Gasteiger partial charge in [-0.1, -0.05) is 13.8 Å². The Kier molecular flexibility index (Phi) is 4.49. The Labute approximate surface area is 153 Å². The molecule has 6 atom stereocenters. The van der Waals surface area contributed by atoms with Crippen LogP contribution in [-0.2, 0) is 28.5 Å². The Morgan fingerprint density at radius 2 is 2.00 bits per heavy atom. The lowest BCUT2D eigenvalue weighted by Gasteiger charge is -2.62. The van der Waals surface area contributed by atoms with E-state index in [4.69, 9.17) is 18.9 Å². The van der Waals surface area contributed by atoms with Crippen LogP contribution in [0.15, 0.2) is 11.1 Å². The van der Waals surface area contributed by atoms with Crippen molar-refractivity contribution in [3.05, 3.63) is 11.1 Å². The number of methoxy groups -OCH3 is 2. The smallest absolute Gasteiger partial charge is 0.336 e. The standard InChI is InChI=1S/C19H28O7/c1-10-14-15(23-5)17(4)11(2)13(25-12(3)20)7-8-18(17,22)9-19(14,24-6)26-16(10)21/h11,13,15,22H,7-9H2,1-6H3/t11-,13-,15+,17-,18-,19-/m0/s1. The molecule has 0 aromatic rings. The predicted octanol–water partition coefficient (Wildman–Crippen LogP) is 1.72. The average molecular weight is 368 g/mol. The first-order valence-corrected chi connectivity index (χ1v) is 8.98. The molecule has 2 saturated carbocycles. The lowest BCUT2D eigenvalue weighted by atomic mass is 9.49. The zero-order valence-electron chi connectivity index (χ0n) is 16.3. The fourth-order valence-corrected chi connectivity index (χ4v) is 5.32. The highest BCUT2D eigenvalue weighted by molar-refractivity contribution is 5.92. The minimum absolute atomic E-state index is 0.127. The van der Waals surface area contributed by atoms with Crippen molar-refractivity contribution in [2.75, 3.05) is 14.2 Å². The van der Waals surface area contributed by atoms with E-state index < -0.39 is 28.9 Å². The molecule has 3 aliphatic rings. The highest BCUT2D eigenvalue weighted by Crippen LogP contribution is 2.63. The quantitative estimate of drug-likeness (QED) is 0.759. The van der Waals surface area contributed by atoms with Gasteiger partial charge < -0.3 is 24.1 Å². The van der Waals surface area contributed by atoms with E-state index in [0.717, 1.165) is 0 Å². The second-order valence-electron chi connectivity index (χ2n) is 7.97. The van der Waals surface area contributed by atoms with Crippen molar-refractivity contribution in [1.29, 1.82) is 0 Å². The van der Waals surface area contributed by atoms with Crippen LogP contribution in [0.3, 0.4) is 0 Å². The second-order valence-corrected chi connectivity index (χ2v) is 7.97. The van der Waals surface area contributed by atoms with Gasteiger partial charge in [0.25, 0.3) is 0 Å². The van der Waals surface area contributed by atoms with Gasteiger partial charge >= 0.3 is 11.9 Å². The summed E-state index contributed by atoms with van der Waals surface area (Å²) in [5, 5.41) is 11.7. The monoisotopic (exact) mass is 368 g/mol. The molecule has 0 spiro atoms. The van der Waals surface area contributed by atoms with Crippen LogP contribution in [0.25, 0.3) is 0 Å². The van der Waals surface area contributed by atoms with E-state index in [1.54, 1.807) is 14.0 Å². The van der Waals surface area contributed by atoms with Gasteiger partial charge in [-0.05, 0) is 19.8 Å². The van der Waals surface area contributed by atoms with Crippen molar-refractivity contribution in [3.8, 4) is 0 Å². The SMILES string of the molecule is CO[C@@H]1C2=C(C)C(=O)O[C@@]2(OC)C[C@@]2(O)CC[C@H](OC(C)=O)[C@H](C)[C@@]12C. The number of ether oxygens (including phenoxy) is 4. The third kappa shape index (κ3) is 2.30.